The van der Waals surface area contributed by atoms with Crippen LogP contribution in [-0.2, 0) is 0 Å². The van der Waals surface area contributed by atoms with Crippen LogP contribution in [0.25, 0.3) is 0 Å². The molecule has 0 aliphatic rings. The van der Waals surface area contributed by atoms with E-state index in [4.69, 9.17) is 27.9 Å². The molecule has 2 unspecified atom stereocenters. The molecule has 1 aromatic rings. The third-order valence-corrected chi connectivity index (χ3v) is 3.44. The molecule has 0 amide bonds. The van der Waals surface area contributed by atoms with Crippen molar-refractivity contribution in [3.05, 3.63) is 28.2 Å². The summed E-state index contributed by atoms with van der Waals surface area (Å²) in [6, 6.07) is 5.08. The predicted molar refractivity (Wildman–Crippen MR) is 86.3 cm³/mol. The Morgan fingerprint density at radius 3 is 2.24 bits per heavy atom. The van der Waals surface area contributed by atoms with E-state index in [1.807, 2.05) is 0 Å². The number of hydrogen-bond acceptors (Lipinski definition) is 4. The molecule has 0 saturated carbocycles. The van der Waals surface area contributed by atoms with Gasteiger partial charge in [0.05, 0.1) is 16.1 Å². The molecule has 0 bridgehead atoms. The second-order valence-electron chi connectivity index (χ2n) is 5.46. The number of para-hydroxylation sites is 1. The standard InChI is InChI=1S/C15H23Cl2NO3/c1-10(2)6-11(19)7-18-8-12(20)9-21-15-13(16)4-3-5-14(15)17/h3-5,10-12,18-20H,6-9H2,1-2H3. The van der Waals surface area contributed by atoms with Crippen LogP contribution in [0.3, 0.4) is 0 Å². The third-order valence-electron chi connectivity index (χ3n) is 2.84. The Hall–Kier alpha value is -0.520. The van der Waals surface area contributed by atoms with Gasteiger partial charge in [-0.1, -0.05) is 43.1 Å². The molecular formula is C15H23Cl2NO3. The number of aliphatic hydroxyl groups is 2. The van der Waals surface area contributed by atoms with Crippen LogP contribution in [0.1, 0.15) is 20.3 Å². The molecule has 0 radical (unpaired) electrons. The lowest BCUT2D eigenvalue weighted by Crippen LogP contribution is -2.36. The summed E-state index contributed by atoms with van der Waals surface area (Å²) < 4.78 is 5.44. The lowest BCUT2D eigenvalue weighted by Gasteiger charge is -2.17. The second kappa shape index (κ2) is 9.49. The van der Waals surface area contributed by atoms with Crippen molar-refractivity contribution in [2.75, 3.05) is 19.7 Å². The number of nitrogens with one attached hydrogen (secondary N) is 1. The number of aliphatic hydroxyl groups excluding tert-OH is 2. The summed E-state index contributed by atoms with van der Waals surface area (Å²) >= 11 is 11.9. The number of benzene rings is 1. The predicted octanol–water partition coefficient (Wildman–Crippen LogP) is 2.73. The first kappa shape index (κ1) is 18.5. The fourth-order valence-corrected chi connectivity index (χ4v) is 2.41. The van der Waals surface area contributed by atoms with Crippen LogP contribution in [0, 0.1) is 5.92 Å². The third kappa shape index (κ3) is 7.34. The van der Waals surface area contributed by atoms with E-state index in [2.05, 4.69) is 19.2 Å². The van der Waals surface area contributed by atoms with Crippen LogP contribution in [0.15, 0.2) is 18.2 Å². The normalized spacial score (nSPS) is 14.2. The van der Waals surface area contributed by atoms with E-state index in [0.717, 1.165) is 6.42 Å². The fraction of sp³-hybridized carbons (Fsp3) is 0.600. The minimum Gasteiger partial charge on any atom is -0.488 e. The van der Waals surface area contributed by atoms with E-state index >= 15 is 0 Å². The summed E-state index contributed by atoms with van der Waals surface area (Å²) in [5, 5.41) is 23.4. The van der Waals surface area contributed by atoms with Crippen molar-refractivity contribution in [2.45, 2.75) is 32.5 Å². The Morgan fingerprint density at radius 2 is 1.67 bits per heavy atom. The van der Waals surface area contributed by atoms with Crippen molar-refractivity contribution in [1.29, 1.82) is 0 Å². The SMILES string of the molecule is CC(C)CC(O)CNCC(O)COc1c(Cl)cccc1Cl. The van der Waals surface area contributed by atoms with E-state index in [1.165, 1.54) is 0 Å². The van der Waals surface area contributed by atoms with Crippen LogP contribution in [0.4, 0.5) is 0 Å². The average molecular weight is 336 g/mol. The molecule has 4 nitrogen and oxygen atoms in total. The number of rotatable bonds is 9. The maximum Gasteiger partial charge on any atom is 0.156 e. The summed E-state index contributed by atoms with van der Waals surface area (Å²) in [6.45, 7) is 4.97. The molecule has 0 aliphatic carbocycles. The van der Waals surface area contributed by atoms with Crippen LogP contribution in [0.5, 0.6) is 5.75 Å². The van der Waals surface area contributed by atoms with Gasteiger partial charge in [-0.3, -0.25) is 0 Å². The van der Waals surface area contributed by atoms with Gasteiger partial charge in [-0.15, -0.1) is 0 Å². The van der Waals surface area contributed by atoms with Crippen LogP contribution >= 0.6 is 23.2 Å². The quantitative estimate of drug-likeness (QED) is 0.649. The Balaban J connectivity index is 2.27. The summed E-state index contributed by atoms with van der Waals surface area (Å²) in [5.41, 5.74) is 0. The Labute approximate surface area is 136 Å². The molecule has 6 heteroatoms. The zero-order valence-corrected chi connectivity index (χ0v) is 13.9. The van der Waals surface area contributed by atoms with Gasteiger partial charge in [-0.2, -0.15) is 0 Å². The van der Waals surface area contributed by atoms with Gasteiger partial charge >= 0.3 is 0 Å². The highest BCUT2D eigenvalue weighted by atomic mass is 35.5. The average Bonchev–Trinajstić information content (AvgIpc) is 2.37. The van der Waals surface area contributed by atoms with Gasteiger partial charge in [-0.25, -0.2) is 0 Å². The molecule has 0 spiro atoms. The van der Waals surface area contributed by atoms with Crippen LogP contribution in [0.2, 0.25) is 10.0 Å². The smallest absolute Gasteiger partial charge is 0.156 e. The van der Waals surface area contributed by atoms with E-state index in [0.29, 0.717) is 34.8 Å². The van der Waals surface area contributed by atoms with Gasteiger partial charge < -0.3 is 20.3 Å². The minimum absolute atomic E-state index is 0.0801. The Bertz CT molecular complexity index is 409. The van der Waals surface area contributed by atoms with E-state index in [-0.39, 0.29) is 6.61 Å². The minimum atomic E-state index is -0.705. The zero-order valence-electron chi connectivity index (χ0n) is 12.4. The van der Waals surface area contributed by atoms with Gasteiger partial charge in [0, 0.05) is 13.1 Å². The van der Waals surface area contributed by atoms with Crippen molar-refractivity contribution in [1.82, 2.24) is 5.32 Å². The summed E-state index contributed by atoms with van der Waals surface area (Å²) in [5.74, 6) is 0.817. The molecule has 0 aliphatic heterocycles. The molecule has 120 valence electrons. The van der Waals surface area contributed by atoms with Gasteiger partial charge in [0.25, 0.3) is 0 Å². The van der Waals surface area contributed by atoms with Gasteiger partial charge in [-0.05, 0) is 24.5 Å². The maximum atomic E-state index is 9.83. The molecule has 2 atom stereocenters. The molecule has 0 fully saturated rings. The highest BCUT2D eigenvalue weighted by Gasteiger charge is 2.11. The first-order chi connectivity index (χ1) is 9.90. The summed E-state index contributed by atoms with van der Waals surface area (Å²) in [7, 11) is 0. The number of halogens is 2. The molecule has 0 heterocycles. The Kier molecular flexibility index (Phi) is 8.37. The van der Waals surface area contributed by atoms with Gasteiger partial charge in [0.15, 0.2) is 5.75 Å². The van der Waals surface area contributed by atoms with Gasteiger partial charge in [0.2, 0.25) is 0 Å². The van der Waals surface area contributed by atoms with E-state index in [9.17, 15) is 10.2 Å². The van der Waals surface area contributed by atoms with Crippen molar-refractivity contribution < 1.29 is 14.9 Å². The molecule has 0 aromatic heterocycles. The van der Waals surface area contributed by atoms with Crippen LogP contribution < -0.4 is 10.1 Å². The van der Waals surface area contributed by atoms with Crippen LogP contribution in [-0.4, -0.2) is 42.1 Å². The second-order valence-corrected chi connectivity index (χ2v) is 6.27. The van der Waals surface area contributed by atoms with Crippen molar-refractivity contribution >= 4 is 23.2 Å². The van der Waals surface area contributed by atoms with Crippen molar-refractivity contribution in [3.8, 4) is 5.75 Å². The number of hydrogen-bond donors (Lipinski definition) is 3. The zero-order chi connectivity index (χ0) is 15.8. The van der Waals surface area contributed by atoms with Gasteiger partial charge in [0.1, 0.15) is 12.7 Å². The summed E-state index contributed by atoms with van der Waals surface area (Å²) in [4.78, 5) is 0. The lowest BCUT2D eigenvalue weighted by molar-refractivity contribution is 0.0967. The fourth-order valence-electron chi connectivity index (χ4n) is 1.90. The molecule has 1 rings (SSSR count). The van der Waals surface area contributed by atoms with Crippen molar-refractivity contribution in [3.63, 3.8) is 0 Å². The topological polar surface area (TPSA) is 61.7 Å². The molecular weight excluding hydrogens is 313 g/mol. The maximum absolute atomic E-state index is 9.83. The van der Waals surface area contributed by atoms with E-state index < -0.39 is 12.2 Å². The number of ether oxygens (including phenoxy) is 1. The summed E-state index contributed by atoms with van der Waals surface area (Å²) in [6.07, 6.45) is -0.380. The molecule has 0 saturated heterocycles. The van der Waals surface area contributed by atoms with Crippen molar-refractivity contribution in [2.24, 2.45) is 5.92 Å². The molecule has 21 heavy (non-hydrogen) atoms. The largest absolute Gasteiger partial charge is 0.488 e. The lowest BCUT2D eigenvalue weighted by atomic mass is 10.1. The first-order valence-corrected chi connectivity index (χ1v) is 7.79. The molecule has 1 aromatic carbocycles. The monoisotopic (exact) mass is 335 g/mol. The van der Waals surface area contributed by atoms with E-state index in [1.54, 1.807) is 18.2 Å². The highest BCUT2D eigenvalue weighted by molar-refractivity contribution is 6.37. The first-order valence-electron chi connectivity index (χ1n) is 7.03. The highest BCUT2D eigenvalue weighted by Crippen LogP contribution is 2.32. The Morgan fingerprint density at radius 1 is 1.10 bits per heavy atom. The molecule has 3 N–H and O–H groups in total.